The number of hydrogen-bond acceptors (Lipinski definition) is 5. The minimum Gasteiger partial charge on any atom is -0.448 e. The second-order valence-corrected chi connectivity index (χ2v) is 10.1. The normalized spacial score (nSPS) is 16.3. The summed E-state index contributed by atoms with van der Waals surface area (Å²) in [5.41, 5.74) is 0.659. The number of nitrogens with one attached hydrogen (secondary N) is 2. The zero-order valence-corrected chi connectivity index (χ0v) is 19.0. The summed E-state index contributed by atoms with van der Waals surface area (Å²) in [6.07, 6.45) is 4.96. The van der Waals surface area contributed by atoms with E-state index >= 15 is 0 Å². The van der Waals surface area contributed by atoms with Gasteiger partial charge >= 0.3 is 0 Å². The van der Waals surface area contributed by atoms with E-state index in [1.54, 1.807) is 18.2 Å². The van der Waals surface area contributed by atoms with Crippen LogP contribution in [-0.2, 0) is 10.0 Å². The molecule has 1 heterocycles. The van der Waals surface area contributed by atoms with E-state index in [2.05, 4.69) is 10.0 Å². The van der Waals surface area contributed by atoms with Gasteiger partial charge in [0.15, 0.2) is 11.5 Å². The van der Waals surface area contributed by atoms with Crippen LogP contribution in [0.2, 0.25) is 0 Å². The van der Waals surface area contributed by atoms with Gasteiger partial charge in [-0.2, -0.15) is 0 Å². The van der Waals surface area contributed by atoms with Gasteiger partial charge in [-0.25, -0.2) is 12.8 Å². The molecule has 0 unspecified atom stereocenters. The van der Waals surface area contributed by atoms with Gasteiger partial charge in [0.1, 0.15) is 5.82 Å². The molecule has 1 saturated carbocycles. The topological polar surface area (TPSA) is 93.7 Å². The Balaban J connectivity index is 1.27. The van der Waals surface area contributed by atoms with Crippen molar-refractivity contribution >= 4 is 27.3 Å². The lowest BCUT2D eigenvalue weighted by molar-refractivity contribution is -0.105. The van der Waals surface area contributed by atoms with Crippen LogP contribution in [0.5, 0.6) is 11.5 Å². The molecule has 1 fully saturated rings. The zero-order chi connectivity index (χ0) is 23.8. The average molecular weight is 483 g/mol. The van der Waals surface area contributed by atoms with Crippen LogP contribution in [-0.4, -0.2) is 20.1 Å². The largest absolute Gasteiger partial charge is 0.448 e. The third-order valence-electron chi connectivity index (χ3n) is 5.95. The molecule has 7 nitrogen and oxygen atoms in total. The third-order valence-corrected chi connectivity index (χ3v) is 7.34. The lowest BCUT2D eigenvalue weighted by Crippen LogP contribution is -2.40. The SMILES string of the molecule is O=C(Nc1ccc2c(c1)OC1(CCCCC1)O2)c1ccc(S(=O)(=O)Nc2ccccc2F)cc1. The first-order valence-corrected chi connectivity index (χ1v) is 12.5. The van der Waals surface area contributed by atoms with Gasteiger partial charge in [0, 0.05) is 30.2 Å². The number of carbonyl (C=O) groups is 1. The molecule has 0 aromatic heterocycles. The van der Waals surface area contributed by atoms with E-state index < -0.39 is 27.5 Å². The molecular formula is C25H23FN2O5S. The third kappa shape index (κ3) is 4.43. The Morgan fingerprint density at radius 2 is 1.59 bits per heavy atom. The molecule has 0 saturated heterocycles. The molecule has 1 aliphatic carbocycles. The molecule has 2 aliphatic rings. The van der Waals surface area contributed by atoms with Crippen LogP contribution >= 0.6 is 0 Å². The Bertz CT molecular complexity index is 1340. The quantitative estimate of drug-likeness (QED) is 0.514. The van der Waals surface area contributed by atoms with Gasteiger partial charge in [-0.15, -0.1) is 0 Å². The monoisotopic (exact) mass is 482 g/mol. The number of anilines is 2. The van der Waals surface area contributed by atoms with Crippen molar-refractivity contribution in [2.75, 3.05) is 10.0 Å². The summed E-state index contributed by atoms with van der Waals surface area (Å²) in [6.45, 7) is 0. The molecule has 0 atom stereocenters. The van der Waals surface area contributed by atoms with Gasteiger partial charge < -0.3 is 14.8 Å². The van der Waals surface area contributed by atoms with Crippen molar-refractivity contribution in [3.8, 4) is 11.5 Å². The standard InChI is InChI=1S/C25H23FN2O5S/c26-20-6-2-3-7-21(20)28-34(30,31)19-11-8-17(9-12-19)24(29)27-18-10-13-22-23(16-18)33-25(32-22)14-4-1-5-15-25/h2-3,6-13,16,28H,1,4-5,14-15H2,(H,27,29). The lowest BCUT2D eigenvalue weighted by atomic mass is 9.94. The molecule has 0 bridgehead atoms. The number of amides is 1. The van der Waals surface area contributed by atoms with Crippen LogP contribution in [0, 0.1) is 5.82 Å². The smallest absolute Gasteiger partial charge is 0.261 e. The van der Waals surface area contributed by atoms with E-state index in [9.17, 15) is 17.6 Å². The van der Waals surface area contributed by atoms with Gasteiger partial charge in [-0.3, -0.25) is 9.52 Å². The van der Waals surface area contributed by atoms with Crippen LogP contribution in [0.4, 0.5) is 15.8 Å². The van der Waals surface area contributed by atoms with Crippen molar-refractivity contribution < 1.29 is 27.1 Å². The van der Waals surface area contributed by atoms with E-state index in [-0.39, 0.29) is 16.1 Å². The minimum absolute atomic E-state index is 0.0897. The van der Waals surface area contributed by atoms with Crippen molar-refractivity contribution in [3.63, 3.8) is 0 Å². The fourth-order valence-electron chi connectivity index (χ4n) is 4.20. The fraction of sp³-hybridized carbons (Fsp3) is 0.240. The highest BCUT2D eigenvalue weighted by Crippen LogP contribution is 2.46. The molecule has 1 spiro atoms. The van der Waals surface area contributed by atoms with Crippen LogP contribution in [0.3, 0.4) is 0 Å². The number of halogens is 1. The van der Waals surface area contributed by atoms with Crippen molar-refractivity contribution in [2.24, 2.45) is 0 Å². The lowest BCUT2D eigenvalue weighted by Gasteiger charge is -2.31. The van der Waals surface area contributed by atoms with Crippen molar-refractivity contribution in [1.29, 1.82) is 0 Å². The highest BCUT2D eigenvalue weighted by molar-refractivity contribution is 7.92. The molecular weight excluding hydrogens is 459 g/mol. The molecule has 34 heavy (non-hydrogen) atoms. The summed E-state index contributed by atoms with van der Waals surface area (Å²) in [4.78, 5) is 12.6. The molecule has 9 heteroatoms. The minimum atomic E-state index is -4.01. The maximum absolute atomic E-state index is 13.8. The van der Waals surface area contributed by atoms with Gasteiger partial charge in [0.2, 0.25) is 0 Å². The molecule has 1 aliphatic heterocycles. The first kappa shape index (κ1) is 22.2. The first-order valence-electron chi connectivity index (χ1n) is 11.0. The van der Waals surface area contributed by atoms with Gasteiger partial charge in [0.25, 0.3) is 21.7 Å². The first-order chi connectivity index (χ1) is 16.3. The maximum Gasteiger partial charge on any atom is 0.261 e. The second-order valence-electron chi connectivity index (χ2n) is 8.40. The predicted molar refractivity (Wildman–Crippen MR) is 125 cm³/mol. The van der Waals surface area contributed by atoms with Crippen molar-refractivity contribution in [2.45, 2.75) is 42.8 Å². The summed E-state index contributed by atoms with van der Waals surface area (Å²) in [5, 5.41) is 2.80. The number of fused-ring (bicyclic) bond motifs is 1. The second kappa shape index (κ2) is 8.64. The molecule has 3 aromatic rings. The number of hydrogen-bond donors (Lipinski definition) is 2. The Morgan fingerprint density at radius 1 is 0.882 bits per heavy atom. The van der Waals surface area contributed by atoms with Gasteiger partial charge in [-0.1, -0.05) is 18.6 Å². The van der Waals surface area contributed by atoms with Crippen LogP contribution in [0.25, 0.3) is 0 Å². The van der Waals surface area contributed by atoms with E-state index in [1.807, 2.05) is 0 Å². The average Bonchev–Trinajstić information content (AvgIpc) is 3.17. The zero-order valence-electron chi connectivity index (χ0n) is 18.2. The highest BCUT2D eigenvalue weighted by Gasteiger charge is 2.42. The van der Waals surface area contributed by atoms with E-state index in [1.165, 1.54) is 48.9 Å². The van der Waals surface area contributed by atoms with Crippen LogP contribution in [0.1, 0.15) is 42.5 Å². The van der Waals surface area contributed by atoms with E-state index in [4.69, 9.17) is 9.47 Å². The van der Waals surface area contributed by atoms with Crippen molar-refractivity contribution in [3.05, 3.63) is 78.1 Å². The summed E-state index contributed by atoms with van der Waals surface area (Å²) in [5.74, 6) is -0.420. The molecule has 5 rings (SSSR count). The summed E-state index contributed by atoms with van der Waals surface area (Å²) >= 11 is 0. The number of para-hydroxylation sites is 1. The fourth-order valence-corrected chi connectivity index (χ4v) is 5.27. The Morgan fingerprint density at radius 3 is 2.32 bits per heavy atom. The number of rotatable bonds is 5. The number of sulfonamides is 1. The summed E-state index contributed by atoms with van der Waals surface area (Å²) in [7, 11) is -4.01. The van der Waals surface area contributed by atoms with Crippen molar-refractivity contribution in [1.82, 2.24) is 0 Å². The van der Waals surface area contributed by atoms with Crippen LogP contribution in [0.15, 0.2) is 71.6 Å². The Hall–Kier alpha value is -3.59. The molecule has 176 valence electrons. The number of ether oxygens (including phenoxy) is 2. The van der Waals surface area contributed by atoms with E-state index in [0.717, 1.165) is 31.7 Å². The maximum atomic E-state index is 13.8. The molecule has 0 radical (unpaired) electrons. The predicted octanol–water partition coefficient (Wildman–Crippen LogP) is 5.31. The van der Waals surface area contributed by atoms with Gasteiger partial charge in [0.05, 0.1) is 10.6 Å². The molecule has 2 N–H and O–H groups in total. The summed E-state index contributed by atoms with van der Waals surface area (Å²) < 4.78 is 53.3. The number of carbonyl (C=O) groups excluding carboxylic acids is 1. The van der Waals surface area contributed by atoms with E-state index in [0.29, 0.717) is 17.2 Å². The molecule has 3 aromatic carbocycles. The molecule has 1 amide bonds. The highest BCUT2D eigenvalue weighted by atomic mass is 32.2. The van der Waals surface area contributed by atoms with Crippen LogP contribution < -0.4 is 19.5 Å². The Labute approximate surface area is 197 Å². The number of benzene rings is 3. The Kier molecular flexibility index (Phi) is 5.65. The van der Waals surface area contributed by atoms with Gasteiger partial charge in [-0.05, 0) is 61.4 Å². The summed E-state index contributed by atoms with van der Waals surface area (Å²) in [6, 6.07) is 16.1.